The summed E-state index contributed by atoms with van der Waals surface area (Å²) in [4.78, 5) is 38.4. The average molecular weight is 1150 g/mol. The van der Waals surface area contributed by atoms with E-state index < -0.39 is 6.10 Å². The monoisotopic (exact) mass is 1150 g/mol. The number of rotatable bonds is 62. The molecule has 1 atom stereocenters. The fourth-order valence-corrected chi connectivity index (χ4v) is 9.43. The van der Waals surface area contributed by atoms with Crippen LogP contribution in [0.4, 0.5) is 0 Å². The maximum absolute atomic E-state index is 13.0. The molecule has 0 radical (unpaired) electrons. The molecule has 0 aromatic rings. The Labute approximate surface area is 513 Å². The second-order valence-corrected chi connectivity index (χ2v) is 22.7. The quantitative estimate of drug-likeness (QED) is 0.0261. The molecule has 0 fully saturated rings. The molecule has 0 aliphatic carbocycles. The van der Waals surface area contributed by atoms with Gasteiger partial charge in [-0.15, -0.1) is 0 Å². The number of ether oxygens (including phenoxy) is 3. The van der Waals surface area contributed by atoms with Gasteiger partial charge in [-0.25, -0.2) is 0 Å². The van der Waals surface area contributed by atoms with Crippen LogP contribution in [0.2, 0.25) is 0 Å². The van der Waals surface area contributed by atoms with Crippen molar-refractivity contribution in [2.75, 3.05) is 13.2 Å². The predicted octanol–water partition coefficient (Wildman–Crippen LogP) is 24.1. The SMILES string of the molecule is CC/C=C\C/C=C\C/C=C\C/C=C\C/C=C\C/C=C\C/C=C\C/C=C\CCCCC(=O)OCC(COC(=O)CCCCCCC/C=C\CCCCCCCC)OC(=O)CCCCCCCCCCCCC/C=C\C/C=C\CCCCCCC. The van der Waals surface area contributed by atoms with Crippen molar-refractivity contribution in [2.24, 2.45) is 0 Å². The highest BCUT2D eigenvalue weighted by Gasteiger charge is 2.19. The molecule has 83 heavy (non-hydrogen) atoms. The summed E-state index contributed by atoms with van der Waals surface area (Å²) in [5.74, 6) is -0.948. The molecule has 0 aliphatic rings. The summed E-state index contributed by atoms with van der Waals surface area (Å²) >= 11 is 0. The normalized spacial score (nSPS) is 13.0. The first-order valence-electron chi connectivity index (χ1n) is 34.7. The van der Waals surface area contributed by atoms with E-state index >= 15 is 0 Å². The van der Waals surface area contributed by atoms with Crippen molar-refractivity contribution < 1.29 is 28.6 Å². The number of esters is 3. The third kappa shape index (κ3) is 68.2. The van der Waals surface area contributed by atoms with Crippen LogP contribution < -0.4 is 0 Å². The molecule has 0 heterocycles. The zero-order chi connectivity index (χ0) is 59.9. The second-order valence-electron chi connectivity index (χ2n) is 22.7. The molecule has 0 bridgehead atoms. The molecule has 0 aliphatic heterocycles. The standard InChI is InChI=1S/C77H128O6/c1-4-7-10-13-16-19-22-25-28-30-32-34-36-37-38-39-41-42-44-46-49-52-55-58-61-64-67-70-76(79)82-73-74(72-81-75(78)69-66-63-60-57-54-51-48-27-24-21-18-15-12-9-6-3)83-77(80)71-68-65-62-59-56-53-50-47-45-43-40-35-33-31-29-26-23-20-17-14-11-8-5-2/h7,10,16,19,23,25-28,31-34,37-38,41-42,46,48-49,55,58,74H,4-6,8-9,11-15,17-18,20-22,24,29-30,35-36,39-40,43-45,47,50-54,56-57,59-73H2,1-3H3/b10-7-,19-16-,26-23-,28-25-,33-31-,34-32-,38-37-,42-41-,48-27-,49-46-,58-55-. The molecular formula is C77H128O6. The molecule has 0 amide bonds. The van der Waals surface area contributed by atoms with Crippen LogP contribution in [-0.2, 0) is 28.6 Å². The van der Waals surface area contributed by atoms with E-state index in [2.05, 4.69) is 154 Å². The van der Waals surface area contributed by atoms with Crippen molar-refractivity contribution in [3.05, 3.63) is 134 Å². The largest absolute Gasteiger partial charge is 0.462 e. The summed E-state index contributed by atoms with van der Waals surface area (Å²) in [6, 6.07) is 0. The fourth-order valence-electron chi connectivity index (χ4n) is 9.43. The van der Waals surface area contributed by atoms with Crippen LogP contribution in [0, 0.1) is 0 Å². The van der Waals surface area contributed by atoms with Gasteiger partial charge < -0.3 is 14.2 Å². The van der Waals surface area contributed by atoms with Crippen LogP contribution in [-0.4, -0.2) is 37.2 Å². The fraction of sp³-hybridized carbons (Fsp3) is 0.675. The molecule has 0 saturated heterocycles. The lowest BCUT2D eigenvalue weighted by atomic mass is 10.0. The Bertz CT molecular complexity index is 1750. The van der Waals surface area contributed by atoms with E-state index in [0.29, 0.717) is 25.7 Å². The Kier molecular flexibility index (Phi) is 66.3. The van der Waals surface area contributed by atoms with E-state index in [9.17, 15) is 14.4 Å². The van der Waals surface area contributed by atoms with Crippen LogP contribution in [0.15, 0.2) is 134 Å². The van der Waals surface area contributed by atoms with E-state index in [1.807, 2.05) is 0 Å². The van der Waals surface area contributed by atoms with Gasteiger partial charge in [0.05, 0.1) is 0 Å². The number of unbranched alkanes of at least 4 members (excludes halogenated alkanes) is 29. The number of allylic oxidation sites excluding steroid dienone is 22. The van der Waals surface area contributed by atoms with Crippen LogP contribution in [0.3, 0.4) is 0 Å². The molecule has 0 aromatic carbocycles. The Morgan fingerprint density at radius 1 is 0.253 bits per heavy atom. The zero-order valence-electron chi connectivity index (χ0n) is 54.2. The maximum Gasteiger partial charge on any atom is 0.306 e. The van der Waals surface area contributed by atoms with Crippen LogP contribution >= 0.6 is 0 Å². The van der Waals surface area contributed by atoms with Gasteiger partial charge in [0, 0.05) is 19.3 Å². The Morgan fingerprint density at radius 2 is 0.470 bits per heavy atom. The van der Waals surface area contributed by atoms with Gasteiger partial charge in [-0.2, -0.15) is 0 Å². The maximum atomic E-state index is 13.0. The van der Waals surface area contributed by atoms with Crippen molar-refractivity contribution in [1.82, 2.24) is 0 Å². The minimum Gasteiger partial charge on any atom is -0.462 e. The highest BCUT2D eigenvalue weighted by atomic mass is 16.6. The van der Waals surface area contributed by atoms with E-state index in [1.54, 1.807) is 0 Å². The molecule has 6 nitrogen and oxygen atoms in total. The van der Waals surface area contributed by atoms with E-state index in [0.717, 1.165) is 122 Å². The zero-order valence-corrected chi connectivity index (χ0v) is 54.2. The molecule has 6 heteroatoms. The highest BCUT2D eigenvalue weighted by Crippen LogP contribution is 2.16. The first-order valence-corrected chi connectivity index (χ1v) is 34.7. The summed E-state index contributed by atoms with van der Waals surface area (Å²) in [6.45, 7) is 6.49. The summed E-state index contributed by atoms with van der Waals surface area (Å²) in [5.41, 5.74) is 0. The van der Waals surface area contributed by atoms with Crippen molar-refractivity contribution in [2.45, 2.75) is 322 Å². The molecule has 0 aromatic heterocycles. The Morgan fingerprint density at radius 3 is 0.771 bits per heavy atom. The molecule has 0 N–H and O–H groups in total. The molecule has 0 rings (SSSR count). The van der Waals surface area contributed by atoms with Crippen molar-refractivity contribution >= 4 is 17.9 Å². The molecule has 1 unspecified atom stereocenters. The van der Waals surface area contributed by atoms with E-state index in [-0.39, 0.29) is 31.1 Å². The van der Waals surface area contributed by atoms with Gasteiger partial charge in [0.1, 0.15) is 13.2 Å². The first-order chi connectivity index (χ1) is 41.0. The molecule has 0 saturated carbocycles. The summed E-state index contributed by atoms with van der Waals surface area (Å²) in [5, 5.41) is 0. The smallest absolute Gasteiger partial charge is 0.306 e. The summed E-state index contributed by atoms with van der Waals surface area (Å²) < 4.78 is 16.9. The van der Waals surface area contributed by atoms with Crippen molar-refractivity contribution in [1.29, 1.82) is 0 Å². The number of carbonyl (C=O) groups excluding carboxylic acids is 3. The Balaban J connectivity index is 4.45. The highest BCUT2D eigenvalue weighted by molar-refractivity contribution is 5.71. The van der Waals surface area contributed by atoms with Crippen LogP contribution in [0.25, 0.3) is 0 Å². The molecule has 0 spiro atoms. The van der Waals surface area contributed by atoms with Gasteiger partial charge in [-0.3, -0.25) is 14.4 Å². The lowest BCUT2D eigenvalue weighted by Gasteiger charge is -2.18. The Hall–Kier alpha value is -4.45. The third-order valence-electron chi connectivity index (χ3n) is 14.6. The second kappa shape index (κ2) is 70.0. The van der Waals surface area contributed by atoms with Gasteiger partial charge in [-0.05, 0) is 141 Å². The summed E-state index contributed by atoms with van der Waals surface area (Å²) in [6.07, 6.45) is 98.9. The third-order valence-corrected chi connectivity index (χ3v) is 14.6. The van der Waals surface area contributed by atoms with Crippen LogP contribution in [0.1, 0.15) is 316 Å². The topological polar surface area (TPSA) is 78.9 Å². The molecule has 472 valence electrons. The number of hydrogen-bond acceptors (Lipinski definition) is 6. The number of carbonyl (C=O) groups is 3. The van der Waals surface area contributed by atoms with Gasteiger partial charge in [0.2, 0.25) is 0 Å². The van der Waals surface area contributed by atoms with E-state index in [1.165, 1.54) is 148 Å². The lowest BCUT2D eigenvalue weighted by Crippen LogP contribution is -2.30. The van der Waals surface area contributed by atoms with Gasteiger partial charge in [0.15, 0.2) is 6.10 Å². The average Bonchev–Trinajstić information content (AvgIpc) is 3.49. The summed E-state index contributed by atoms with van der Waals surface area (Å²) in [7, 11) is 0. The van der Waals surface area contributed by atoms with Gasteiger partial charge >= 0.3 is 17.9 Å². The minimum atomic E-state index is -0.807. The lowest BCUT2D eigenvalue weighted by molar-refractivity contribution is -0.167. The first kappa shape index (κ1) is 78.5. The van der Waals surface area contributed by atoms with Crippen molar-refractivity contribution in [3.63, 3.8) is 0 Å². The predicted molar refractivity (Wildman–Crippen MR) is 362 cm³/mol. The number of hydrogen-bond donors (Lipinski definition) is 0. The van der Waals surface area contributed by atoms with Gasteiger partial charge in [-0.1, -0.05) is 289 Å². The minimum absolute atomic E-state index is 0.0994. The van der Waals surface area contributed by atoms with E-state index in [4.69, 9.17) is 14.2 Å². The molecular weight excluding hydrogens is 1020 g/mol. The van der Waals surface area contributed by atoms with Gasteiger partial charge in [0.25, 0.3) is 0 Å². The van der Waals surface area contributed by atoms with Crippen LogP contribution in [0.5, 0.6) is 0 Å². The van der Waals surface area contributed by atoms with Crippen molar-refractivity contribution in [3.8, 4) is 0 Å².